The zero-order valence-electron chi connectivity index (χ0n) is 15.7. The predicted octanol–water partition coefficient (Wildman–Crippen LogP) is 2.55. The number of anilines is 1. The summed E-state index contributed by atoms with van der Waals surface area (Å²) in [5, 5.41) is 5.56. The van der Waals surface area contributed by atoms with Gasteiger partial charge in [-0.05, 0) is 48.4 Å². The molecule has 0 fully saturated rings. The van der Waals surface area contributed by atoms with E-state index in [1.807, 2.05) is 18.2 Å². The van der Waals surface area contributed by atoms with Crippen molar-refractivity contribution in [1.29, 1.82) is 0 Å². The van der Waals surface area contributed by atoms with Gasteiger partial charge in [0.25, 0.3) is 0 Å². The number of hydrogen-bond acceptors (Lipinski definition) is 4. The van der Waals surface area contributed by atoms with Gasteiger partial charge in [-0.15, -0.1) is 24.0 Å². The Hall–Kier alpha value is -2.56. The minimum Gasteiger partial charge on any atom is -0.493 e. The molecular weight excluding hydrogens is 478 g/mol. The second kappa shape index (κ2) is 12.0. The molecule has 0 unspecified atom stereocenters. The zero-order valence-corrected chi connectivity index (χ0v) is 18.0. The highest BCUT2D eigenvalue weighted by Gasteiger charge is 2.05. The lowest BCUT2D eigenvalue weighted by Crippen LogP contribution is -2.34. The van der Waals surface area contributed by atoms with Crippen LogP contribution in [0.1, 0.15) is 5.56 Å². The standard InChI is InChI=1S/C19H23FN4O3.HI/c1-26-16-8-3-13(11-17(16)27-2)9-10-22-19(21)23-12-18(25)24-15-6-4-14(20)5-7-15;/h3-8,11H,9-10,12H2,1-2H3,(H,24,25)(H3,21,22,23);1H. The number of amides is 1. The van der Waals surface area contributed by atoms with Crippen LogP contribution in [0.4, 0.5) is 10.1 Å². The maximum Gasteiger partial charge on any atom is 0.246 e. The second-order valence-corrected chi connectivity index (χ2v) is 5.62. The van der Waals surface area contributed by atoms with Crippen LogP contribution in [-0.2, 0) is 11.2 Å². The van der Waals surface area contributed by atoms with Crippen LogP contribution in [-0.4, -0.2) is 39.2 Å². The number of methoxy groups -OCH3 is 2. The Labute approximate surface area is 180 Å². The number of ether oxygens (including phenoxy) is 2. The number of rotatable bonds is 8. The minimum absolute atomic E-state index is 0. The topological polar surface area (TPSA) is 98.0 Å². The predicted molar refractivity (Wildman–Crippen MR) is 118 cm³/mol. The molecule has 28 heavy (non-hydrogen) atoms. The van der Waals surface area contributed by atoms with Gasteiger partial charge >= 0.3 is 0 Å². The molecule has 0 aromatic heterocycles. The van der Waals surface area contributed by atoms with E-state index in [1.165, 1.54) is 24.3 Å². The summed E-state index contributed by atoms with van der Waals surface area (Å²) in [6.07, 6.45) is 0.693. The molecule has 9 heteroatoms. The second-order valence-electron chi connectivity index (χ2n) is 5.62. The molecule has 0 aliphatic carbocycles. The van der Waals surface area contributed by atoms with Gasteiger partial charge < -0.3 is 25.8 Å². The molecule has 0 bridgehead atoms. The molecule has 0 spiro atoms. The van der Waals surface area contributed by atoms with Gasteiger partial charge in [0.05, 0.1) is 14.2 Å². The number of nitrogens with one attached hydrogen (secondary N) is 2. The Balaban J connectivity index is 0.00000392. The van der Waals surface area contributed by atoms with Gasteiger partial charge in [-0.3, -0.25) is 4.79 Å². The first-order valence-corrected chi connectivity index (χ1v) is 8.32. The average molecular weight is 502 g/mol. The minimum atomic E-state index is -0.367. The summed E-state index contributed by atoms with van der Waals surface area (Å²) < 4.78 is 23.3. The maximum absolute atomic E-state index is 12.8. The molecule has 0 atom stereocenters. The van der Waals surface area contributed by atoms with Crippen LogP contribution in [0.15, 0.2) is 47.5 Å². The Morgan fingerprint density at radius 2 is 1.79 bits per heavy atom. The van der Waals surface area contributed by atoms with Crippen molar-refractivity contribution in [3.8, 4) is 11.5 Å². The molecule has 4 N–H and O–H groups in total. The summed E-state index contributed by atoms with van der Waals surface area (Å²) >= 11 is 0. The van der Waals surface area contributed by atoms with Gasteiger partial charge in [0.15, 0.2) is 17.5 Å². The first kappa shape index (κ1) is 23.5. The van der Waals surface area contributed by atoms with Crippen LogP contribution in [0.2, 0.25) is 0 Å². The molecule has 0 radical (unpaired) electrons. The maximum atomic E-state index is 12.8. The largest absolute Gasteiger partial charge is 0.493 e. The van der Waals surface area contributed by atoms with Crippen molar-refractivity contribution < 1.29 is 18.7 Å². The monoisotopic (exact) mass is 502 g/mol. The van der Waals surface area contributed by atoms with Gasteiger partial charge in [0.1, 0.15) is 12.4 Å². The molecule has 2 aromatic rings. The number of benzene rings is 2. The third-order valence-electron chi connectivity index (χ3n) is 3.69. The lowest BCUT2D eigenvalue weighted by atomic mass is 10.1. The average Bonchev–Trinajstić information content (AvgIpc) is 2.68. The van der Waals surface area contributed by atoms with E-state index in [1.54, 1.807) is 14.2 Å². The molecule has 0 aliphatic heterocycles. The molecule has 0 aliphatic rings. The summed E-state index contributed by atoms with van der Waals surface area (Å²) in [7, 11) is 3.17. The molecule has 2 aromatic carbocycles. The lowest BCUT2D eigenvalue weighted by molar-refractivity contribution is -0.114. The van der Waals surface area contributed by atoms with Crippen molar-refractivity contribution in [2.24, 2.45) is 10.7 Å². The third-order valence-corrected chi connectivity index (χ3v) is 3.69. The third kappa shape index (κ3) is 7.59. The van der Waals surface area contributed by atoms with Crippen LogP contribution in [0.25, 0.3) is 0 Å². The van der Waals surface area contributed by atoms with Crippen molar-refractivity contribution in [3.63, 3.8) is 0 Å². The van der Waals surface area contributed by atoms with Crippen molar-refractivity contribution in [1.82, 2.24) is 5.32 Å². The van der Waals surface area contributed by atoms with Crippen LogP contribution < -0.4 is 25.8 Å². The van der Waals surface area contributed by atoms with E-state index in [0.29, 0.717) is 30.2 Å². The molecule has 2 rings (SSSR count). The highest BCUT2D eigenvalue weighted by Crippen LogP contribution is 2.27. The normalized spacial score (nSPS) is 10.6. The van der Waals surface area contributed by atoms with E-state index in [0.717, 1.165) is 5.56 Å². The number of halogens is 2. The van der Waals surface area contributed by atoms with E-state index in [4.69, 9.17) is 15.2 Å². The molecule has 0 saturated carbocycles. The first-order valence-electron chi connectivity index (χ1n) is 8.32. The van der Waals surface area contributed by atoms with Crippen LogP contribution >= 0.6 is 24.0 Å². The first-order chi connectivity index (χ1) is 13.0. The van der Waals surface area contributed by atoms with Crippen LogP contribution in [0, 0.1) is 5.82 Å². The van der Waals surface area contributed by atoms with E-state index >= 15 is 0 Å². The summed E-state index contributed by atoms with van der Waals surface area (Å²) in [4.78, 5) is 15.8. The number of nitrogens with zero attached hydrogens (tertiary/aromatic N) is 1. The fraction of sp³-hybridized carbons (Fsp3) is 0.263. The molecule has 1 amide bonds. The number of nitrogens with two attached hydrogens (primary N) is 1. The van der Waals surface area contributed by atoms with Crippen molar-refractivity contribution in [3.05, 3.63) is 53.8 Å². The Kier molecular flexibility index (Phi) is 10.1. The SMILES string of the molecule is COc1ccc(CCNC(N)=NCC(=O)Nc2ccc(F)cc2)cc1OC.I. The Morgan fingerprint density at radius 3 is 2.43 bits per heavy atom. The fourth-order valence-corrected chi connectivity index (χ4v) is 2.32. The number of hydrogen-bond donors (Lipinski definition) is 3. The fourth-order valence-electron chi connectivity index (χ4n) is 2.32. The number of carbonyl (C=O) groups excluding carboxylic acids is 1. The van der Waals surface area contributed by atoms with Crippen molar-refractivity contribution in [2.45, 2.75) is 6.42 Å². The summed E-state index contributed by atoms with van der Waals surface area (Å²) in [6, 6.07) is 11.1. The number of carbonyl (C=O) groups is 1. The van der Waals surface area contributed by atoms with Gasteiger partial charge in [-0.25, -0.2) is 9.38 Å². The molecule has 7 nitrogen and oxygen atoms in total. The highest BCUT2D eigenvalue weighted by atomic mass is 127. The summed E-state index contributed by atoms with van der Waals surface area (Å²) in [6.45, 7) is 0.414. The van der Waals surface area contributed by atoms with Crippen LogP contribution in [0.5, 0.6) is 11.5 Å². The molecule has 0 heterocycles. The number of aliphatic imine (C=N–C) groups is 1. The molecule has 152 valence electrons. The van der Waals surface area contributed by atoms with E-state index < -0.39 is 0 Å². The van der Waals surface area contributed by atoms with Crippen molar-refractivity contribution >= 4 is 41.5 Å². The van der Waals surface area contributed by atoms with Crippen molar-refractivity contribution in [2.75, 3.05) is 32.6 Å². The van der Waals surface area contributed by atoms with E-state index in [9.17, 15) is 9.18 Å². The highest BCUT2D eigenvalue weighted by molar-refractivity contribution is 14.0. The van der Waals surface area contributed by atoms with E-state index in [-0.39, 0.29) is 48.2 Å². The summed E-state index contributed by atoms with van der Waals surface area (Å²) in [5.74, 6) is 0.793. The van der Waals surface area contributed by atoms with Gasteiger partial charge in [0, 0.05) is 12.2 Å². The van der Waals surface area contributed by atoms with Gasteiger partial charge in [0.2, 0.25) is 5.91 Å². The van der Waals surface area contributed by atoms with E-state index in [2.05, 4.69) is 15.6 Å². The Morgan fingerprint density at radius 1 is 1.11 bits per heavy atom. The smallest absolute Gasteiger partial charge is 0.246 e. The van der Waals surface area contributed by atoms with Gasteiger partial charge in [-0.2, -0.15) is 0 Å². The zero-order chi connectivity index (χ0) is 19.6. The summed E-state index contributed by atoms with van der Waals surface area (Å²) in [5.41, 5.74) is 7.31. The molecule has 0 saturated heterocycles. The quantitative estimate of drug-likeness (QED) is 0.293. The molecular formula is C19H24FIN4O3. The van der Waals surface area contributed by atoms with Crippen LogP contribution in [0.3, 0.4) is 0 Å². The lowest BCUT2D eigenvalue weighted by Gasteiger charge is -2.10. The Bertz CT molecular complexity index is 800. The van der Waals surface area contributed by atoms with Gasteiger partial charge in [-0.1, -0.05) is 6.07 Å². The number of guanidine groups is 1.